The number of pyridine rings is 1. The minimum Gasteiger partial charge on any atom is -0.246 e. The number of rotatable bonds is 5. The van der Waals surface area contributed by atoms with E-state index in [4.69, 9.17) is 19.9 Å². The van der Waals surface area contributed by atoms with Crippen LogP contribution in [-0.4, -0.2) is 19.9 Å². The Morgan fingerprint density at radius 2 is 0.851 bits per heavy atom. The Labute approximate surface area is 275 Å². The Hall–Kier alpha value is -6.04. The van der Waals surface area contributed by atoms with Crippen LogP contribution in [0.15, 0.2) is 158 Å². The molecule has 9 aromatic rings. The van der Waals surface area contributed by atoms with Crippen LogP contribution in [0.4, 0.5) is 0 Å². The number of benzene rings is 6. The molecule has 6 aromatic carbocycles. The molecule has 0 aliphatic heterocycles. The topological polar surface area (TPSA) is 51.6 Å². The van der Waals surface area contributed by atoms with E-state index in [1.54, 1.807) is 0 Å². The van der Waals surface area contributed by atoms with Crippen LogP contribution >= 0.6 is 11.3 Å². The normalized spacial score (nSPS) is 11.4. The average Bonchev–Trinajstić information content (AvgIpc) is 3.55. The van der Waals surface area contributed by atoms with Crippen LogP contribution in [-0.2, 0) is 0 Å². The lowest BCUT2D eigenvalue weighted by Gasteiger charge is -2.12. The van der Waals surface area contributed by atoms with E-state index in [-0.39, 0.29) is 0 Å². The molecule has 0 saturated heterocycles. The lowest BCUT2D eigenvalue weighted by molar-refractivity contribution is 1.07. The first-order valence-corrected chi connectivity index (χ1v) is 16.4. The summed E-state index contributed by atoms with van der Waals surface area (Å²) in [5.74, 6) is 1.94. The zero-order chi connectivity index (χ0) is 31.2. The average molecular weight is 619 g/mol. The van der Waals surface area contributed by atoms with Crippen LogP contribution in [0.25, 0.3) is 87.6 Å². The highest BCUT2D eigenvalue weighted by molar-refractivity contribution is 7.26. The van der Waals surface area contributed by atoms with Gasteiger partial charge in [-0.2, -0.15) is 0 Å². The lowest BCUT2D eigenvalue weighted by Crippen LogP contribution is -2.00. The van der Waals surface area contributed by atoms with Crippen molar-refractivity contribution in [3.63, 3.8) is 0 Å². The number of para-hydroxylation sites is 1. The molecule has 4 nitrogen and oxygen atoms in total. The van der Waals surface area contributed by atoms with Gasteiger partial charge in [0, 0.05) is 53.4 Å². The van der Waals surface area contributed by atoms with Gasteiger partial charge in [0.2, 0.25) is 0 Å². The Balaban J connectivity index is 1.20. The van der Waals surface area contributed by atoms with Crippen molar-refractivity contribution >= 4 is 42.4 Å². The Morgan fingerprint density at radius 1 is 0.362 bits per heavy atom. The largest absolute Gasteiger partial charge is 0.246 e. The van der Waals surface area contributed by atoms with E-state index in [0.717, 1.165) is 44.6 Å². The molecule has 0 aliphatic carbocycles. The van der Waals surface area contributed by atoms with Gasteiger partial charge in [-0.05, 0) is 11.6 Å². The van der Waals surface area contributed by atoms with E-state index >= 15 is 0 Å². The Morgan fingerprint density at radius 3 is 1.47 bits per heavy atom. The number of aromatic nitrogens is 4. The molecule has 0 radical (unpaired) electrons. The molecule has 3 heterocycles. The summed E-state index contributed by atoms with van der Waals surface area (Å²) in [6.07, 6.45) is 0. The highest BCUT2D eigenvalue weighted by Crippen LogP contribution is 2.44. The summed E-state index contributed by atoms with van der Waals surface area (Å²) in [7, 11) is 0. The highest BCUT2D eigenvalue weighted by atomic mass is 32.1. The molecule has 0 spiro atoms. The first kappa shape index (κ1) is 27.3. The van der Waals surface area contributed by atoms with E-state index in [2.05, 4.69) is 97.1 Å². The van der Waals surface area contributed by atoms with E-state index < -0.39 is 0 Å². The van der Waals surface area contributed by atoms with Crippen LogP contribution in [0.1, 0.15) is 0 Å². The zero-order valence-corrected chi connectivity index (χ0v) is 26.0. The van der Waals surface area contributed by atoms with Crippen LogP contribution in [0.3, 0.4) is 0 Å². The summed E-state index contributed by atoms with van der Waals surface area (Å²) in [4.78, 5) is 20.1. The van der Waals surface area contributed by atoms with Crippen molar-refractivity contribution in [2.75, 3.05) is 0 Å². The van der Waals surface area contributed by atoms with E-state index in [9.17, 15) is 0 Å². The van der Waals surface area contributed by atoms with Crippen molar-refractivity contribution < 1.29 is 0 Å². The van der Waals surface area contributed by atoms with Crippen molar-refractivity contribution in [3.05, 3.63) is 158 Å². The fourth-order valence-corrected chi connectivity index (χ4v) is 7.49. The minimum atomic E-state index is 0.638. The van der Waals surface area contributed by atoms with E-state index in [1.807, 2.05) is 72.0 Å². The van der Waals surface area contributed by atoms with Gasteiger partial charge >= 0.3 is 0 Å². The molecule has 0 bridgehead atoms. The molecule has 0 aliphatic rings. The van der Waals surface area contributed by atoms with Crippen LogP contribution in [0.2, 0.25) is 0 Å². The molecule has 0 unspecified atom stereocenters. The Kier molecular flexibility index (Phi) is 6.61. The molecule has 5 heteroatoms. The SMILES string of the molecule is c1ccc(-c2nc(-c3ccccc3)nc(-c3ccc(-c4cccc5c4nc(-c4ccccc4)c4c6ccccc6sc54)cc3)n2)cc1. The van der Waals surface area contributed by atoms with Crippen molar-refractivity contribution in [2.24, 2.45) is 0 Å². The number of thiophene rings is 1. The second kappa shape index (κ2) is 11.4. The summed E-state index contributed by atoms with van der Waals surface area (Å²) < 4.78 is 2.53. The third-order valence-corrected chi connectivity index (χ3v) is 9.74. The summed E-state index contributed by atoms with van der Waals surface area (Å²) >= 11 is 1.84. The highest BCUT2D eigenvalue weighted by Gasteiger charge is 2.18. The van der Waals surface area contributed by atoms with Crippen LogP contribution in [0.5, 0.6) is 0 Å². The van der Waals surface area contributed by atoms with Gasteiger partial charge in [-0.1, -0.05) is 152 Å². The van der Waals surface area contributed by atoms with Crippen LogP contribution in [0, 0.1) is 0 Å². The maximum Gasteiger partial charge on any atom is 0.164 e. The van der Waals surface area contributed by atoms with Crippen molar-refractivity contribution in [1.82, 2.24) is 19.9 Å². The van der Waals surface area contributed by atoms with Crippen molar-refractivity contribution in [3.8, 4) is 56.5 Å². The van der Waals surface area contributed by atoms with Gasteiger partial charge in [0.1, 0.15) is 0 Å². The number of fused-ring (bicyclic) bond motifs is 5. The molecular weight excluding hydrogens is 593 g/mol. The molecule has 47 heavy (non-hydrogen) atoms. The fourth-order valence-electron chi connectivity index (χ4n) is 6.26. The lowest BCUT2D eigenvalue weighted by atomic mass is 9.97. The van der Waals surface area contributed by atoms with Crippen molar-refractivity contribution in [2.45, 2.75) is 0 Å². The monoisotopic (exact) mass is 618 g/mol. The van der Waals surface area contributed by atoms with Crippen molar-refractivity contribution in [1.29, 1.82) is 0 Å². The number of hydrogen-bond acceptors (Lipinski definition) is 5. The maximum atomic E-state index is 5.42. The second-order valence-corrected chi connectivity index (χ2v) is 12.5. The summed E-state index contributed by atoms with van der Waals surface area (Å²) in [6, 6.07) is 54.3. The molecule has 0 fully saturated rings. The minimum absolute atomic E-state index is 0.638. The van der Waals surface area contributed by atoms with Gasteiger partial charge in [0.25, 0.3) is 0 Å². The summed E-state index contributed by atoms with van der Waals surface area (Å²) in [5.41, 5.74) is 8.14. The maximum absolute atomic E-state index is 5.42. The second-order valence-electron chi connectivity index (χ2n) is 11.4. The molecular formula is C42H26N4S. The number of hydrogen-bond donors (Lipinski definition) is 0. The number of nitrogens with zero attached hydrogens (tertiary/aromatic N) is 4. The first-order valence-electron chi connectivity index (χ1n) is 15.6. The third-order valence-electron chi connectivity index (χ3n) is 8.54. The van der Waals surface area contributed by atoms with Gasteiger partial charge in [-0.3, -0.25) is 0 Å². The standard InChI is InChI=1S/C42H26N4S/c1-4-13-28(14-5-1)37-36-33-19-10-11-22-35(33)47-39(36)34-21-12-20-32(38(34)43-37)27-23-25-31(26-24-27)42-45-40(29-15-6-2-7-16-29)44-41(46-42)30-17-8-3-9-18-30/h1-26H. The van der Waals surface area contributed by atoms with Gasteiger partial charge in [-0.15, -0.1) is 11.3 Å². The quantitative estimate of drug-likeness (QED) is 0.193. The predicted molar refractivity (Wildman–Crippen MR) is 195 cm³/mol. The van der Waals surface area contributed by atoms with Gasteiger partial charge in [-0.25, -0.2) is 19.9 Å². The fraction of sp³-hybridized carbons (Fsp3) is 0. The van der Waals surface area contributed by atoms with Gasteiger partial charge in [0.15, 0.2) is 17.5 Å². The molecule has 0 atom stereocenters. The summed E-state index contributed by atoms with van der Waals surface area (Å²) in [5, 5.41) is 3.63. The first-order chi connectivity index (χ1) is 23.3. The molecule has 0 saturated carbocycles. The Bertz CT molecular complexity index is 2490. The van der Waals surface area contributed by atoms with E-state index in [0.29, 0.717) is 17.5 Å². The smallest absolute Gasteiger partial charge is 0.164 e. The van der Waals surface area contributed by atoms with Gasteiger partial charge < -0.3 is 0 Å². The third kappa shape index (κ3) is 4.85. The molecule has 220 valence electrons. The molecule has 9 rings (SSSR count). The summed E-state index contributed by atoms with van der Waals surface area (Å²) in [6.45, 7) is 0. The van der Waals surface area contributed by atoms with Gasteiger partial charge in [0.05, 0.1) is 11.2 Å². The predicted octanol–water partition coefficient (Wildman–Crippen LogP) is 11.1. The zero-order valence-electron chi connectivity index (χ0n) is 25.2. The van der Waals surface area contributed by atoms with E-state index in [1.165, 1.54) is 25.6 Å². The molecule has 3 aromatic heterocycles. The molecule has 0 amide bonds. The molecule has 0 N–H and O–H groups in total. The van der Waals surface area contributed by atoms with Crippen LogP contribution < -0.4 is 0 Å².